The average Bonchev–Trinajstić information content (AvgIpc) is 3.08. The van der Waals surface area contributed by atoms with Crippen LogP contribution in [0.4, 0.5) is 0 Å². The van der Waals surface area contributed by atoms with Gasteiger partial charge in [-0.25, -0.2) is 4.98 Å². The number of nitrogens with zero attached hydrogens (tertiary/aromatic N) is 1. The number of rotatable bonds is 3. The van der Waals surface area contributed by atoms with E-state index in [1.54, 1.807) is 0 Å². The Kier molecular flexibility index (Phi) is 4.70. The highest BCUT2D eigenvalue weighted by Gasteiger charge is 2.19. The zero-order chi connectivity index (χ0) is 17.2. The van der Waals surface area contributed by atoms with Gasteiger partial charge in [-0.3, -0.25) is 4.79 Å². The molecule has 0 saturated carbocycles. The second-order valence-electron chi connectivity index (χ2n) is 6.17. The van der Waals surface area contributed by atoms with Crippen molar-refractivity contribution in [2.24, 2.45) is 0 Å². The van der Waals surface area contributed by atoms with Gasteiger partial charge in [0.15, 0.2) is 0 Å². The Hall–Kier alpha value is -1.95. The molecule has 0 aliphatic carbocycles. The molecule has 2 aromatic heterocycles. The van der Waals surface area contributed by atoms with Crippen molar-refractivity contribution in [2.75, 3.05) is 13.1 Å². The molecule has 1 fully saturated rings. The predicted molar refractivity (Wildman–Crippen MR) is 103 cm³/mol. The summed E-state index contributed by atoms with van der Waals surface area (Å²) in [5.74, 6) is -0.0330. The minimum Gasteiger partial charge on any atom is -0.349 e. The molecule has 1 amide bonds. The van der Waals surface area contributed by atoms with Crippen LogP contribution < -0.4 is 10.6 Å². The van der Waals surface area contributed by atoms with Gasteiger partial charge in [-0.2, -0.15) is 0 Å². The fourth-order valence-electron chi connectivity index (χ4n) is 3.17. The number of pyridine rings is 1. The second kappa shape index (κ2) is 7.12. The maximum absolute atomic E-state index is 12.9. The highest BCUT2D eigenvalue weighted by molar-refractivity contribution is 7.19. The molecule has 1 aliphatic rings. The van der Waals surface area contributed by atoms with E-state index in [-0.39, 0.29) is 11.9 Å². The summed E-state index contributed by atoms with van der Waals surface area (Å²) >= 11 is 7.53. The highest BCUT2D eigenvalue weighted by atomic mass is 35.5. The Morgan fingerprint density at radius 1 is 1.20 bits per heavy atom. The first-order valence-electron chi connectivity index (χ1n) is 8.38. The van der Waals surface area contributed by atoms with E-state index in [0.717, 1.165) is 47.4 Å². The molecule has 3 heterocycles. The summed E-state index contributed by atoms with van der Waals surface area (Å²) in [5.41, 5.74) is 2.27. The second-order valence-corrected chi connectivity index (χ2v) is 7.89. The minimum atomic E-state index is -0.0330. The number of fused-ring (bicyclic) bond motifs is 1. The number of hydrogen-bond donors (Lipinski definition) is 2. The van der Waals surface area contributed by atoms with Crippen LogP contribution in [0.1, 0.15) is 23.2 Å². The Morgan fingerprint density at radius 3 is 2.76 bits per heavy atom. The summed E-state index contributed by atoms with van der Waals surface area (Å²) < 4.78 is 0.714. The van der Waals surface area contributed by atoms with Crippen molar-refractivity contribution in [3.63, 3.8) is 0 Å². The van der Waals surface area contributed by atoms with Crippen LogP contribution in [0.2, 0.25) is 4.34 Å². The summed E-state index contributed by atoms with van der Waals surface area (Å²) in [4.78, 5) is 18.6. The smallest absolute Gasteiger partial charge is 0.252 e. The van der Waals surface area contributed by atoms with Crippen LogP contribution in [-0.2, 0) is 0 Å². The lowest BCUT2D eigenvalue weighted by molar-refractivity contribution is 0.0931. The third kappa shape index (κ3) is 3.54. The lowest BCUT2D eigenvalue weighted by Crippen LogP contribution is -2.42. The third-order valence-corrected chi connectivity index (χ3v) is 5.71. The quantitative estimate of drug-likeness (QED) is 0.728. The molecule has 1 saturated heterocycles. The number of halogens is 1. The number of aromatic nitrogens is 1. The van der Waals surface area contributed by atoms with Gasteiger partial charge < -0.3 is 10.6 Å². The molecule has 128 valence electrons. The molecule has 0 atom stereocenters. The molecular formula is C19H18ClN3OS. The van der Waals surface area contributed by atoms with Gasteiger partial charge in [0.2, 0.25) is 0 Å². The Bertz CT molecular complexity index is 918. The zero-order valence-corrected chi connectivity index (χ0v) is 15.2. The maximum Gasteiger partial charge on any atom is 0.252 e. The van der Waals surface area contributed by atoms with E-state index in [9.17, 15) is 4.79 Å². The van der Waals surface area contributed by atoms with Crippen LogP contribution in [0, 0.1) is 0 Å². The molecule has 1 aliphatic heterocycles. The molecule has 6 heteroatoms. The van der Waals surface area contributed by atoms with Crippen molar-refractivity contribution in [3.8, 4) is 10.6 Å². The fraction of sp³-hybridized carbons (Fsp3) is 0.263. The fourth-order valence-corrected chi connectivity index (χ4v) is 4.17. The Labute approximate surface area is 155 Å². The molecule has 2 N–H and O–H groups in total. The van der Waals surface area contributed by atoms with Crippen LogP contribution in [-0.4, -0.2) is 30.0 Å². The molecule has 0 bridgehead atoms. The molecule has 0 spiro atoms. The standard InChI is InChI=1S/C19H18ClN3OS/c20-18-6-5-17(25-18)16-11-14(13-3-1-2-4-15(13)23-16)19(24)22-12-7-9-21-10-8-12/h1-6,11-12,21H,7-10H2,(H,22,24). The number of piperidine rings is 1. The number of benzene rings is 1. The van der Waals surface area contributed by atoms with E-state index >= 15 is 0 Å². The number of hydrogen-bond acceptors (Lipinski definition) is 4. The predicted octanol–water partition coefficient (Wildman–Crippen LogP) is 4.10. The lowest BCUT2D eigenvalue weighted by atomic mass is 10.0. The molecule has 0 unspecified atom stereocenters. The van der Waals surface area contributed by atoms with E-state index in [4.69, 9.17) is 16.6 Å². The molecule has 1 aromatic carbocycles. The average molecular weight is 372 g/mol. The van der Waals surface area contributed by atoms with Crippen molar-refractivity contribution in [1.82, 2.24) is 15.6 Å². The summed E-state index contributed by atoms with van der Waals surface area (Å²) in [7, 11) is 0. The van der Waals surface area contributed by atoms with Gasteiger partial charge in [0, 0.05) is 11.4 Å². The van der Waals surface area contributed by atoms with E-state index in [2.05, 4.69) is 10.6 Å². The highest BCUT2D eigenvalue weighted by Crippen LogP contribution is 2.32. The van der Waals surface area contributed by atoms with Crippen LogP contribution in [0.25, 0.3) is 21.5 Å². The molecular weight excluding hydrogens is 354 g/mol. The van der Waals surface area contributed by atoms with Gasteiger partial charge in [0.1, 0.15) is 0 Å². The van der Waals surface area contributed by atoms with Gasteiger partial charge in [0.05, 0.1) is 26.0 Å². The summed E-state index contributed by atoms with van der Waals surface area (Å²) in [6, 6.07) is 13.7. The number of carbonyl (C=O) groups excluding carboxylic acids is 1. The number of para-hydroxylation sites is 1. The molecule has 0 radical (unpaired) electrons. The zero-order valence-electron chi connectivity index (χ0n) is 13.6. The SMILES string of the molecule is O=C(NC1CCNCC1)c1cc(-c2ccc(Cl)s2)nc2ccccc12. The Balaban J connectivity index is 1.74. The summed E-state index contributed by atoms with van der Waals surface area (Å²) in [5, 5.41) is 7.37. The summed E-state index contributed by atoms with van der Waals surface area (Å²) in [6.45, 7) is 1.89. The summed E-state index contributed by atoms with van der Waals surface area (Å²) in [6.07, 6.45) is 1.92. The van der Waals surface area contributed by atoms with E-state index < -0.39 is 0 Å². The van der Waals surface area contributed by atoms with Crippen molar-refractivity contribution in [3.05, 3.63) is 52.4 Å². The van der Waals surface area contributed by atoms with Crippen molar-refractivity contribution >= 4 is 39.7 Å². The third-order valence-electron chi connectivity index (χ3n) is 4.46. The van der Waals surface area contributed by atoms with Gasteiger partial charge >= 0.3 is 0 Å². The number of amides is 1. The van der Waals surface area contributed by atoms with E-state index in [1.807, 2.05) is 42.5 Å². The first-order valence-corrected chi connectivity index (χ1v) is 9.57. The maximum atomic E-state index is 12.9. The number of carbonyl (C=O) groups is 1. The van der Waals surface area contributed by atoms with Gasteiger partial charge in [-0.15, -0.1) is 11.3 Å². The first kappa shape index (κ1) is 16.5. The monoisotopic (exact) mass is 371 g/mol. The van der Waals surface area contributed by atoms with E-state index in [1.165, 1.54) is 11.3 Å². The molecule has 4 rings (SSSR count). The first-order chi connectivity index (χ1) is 12.2. The van der Waals surface area contributed by atoms with Crippen molar-refractivity contribution in [1.29, 1.82) is 0 Å². The van der Waals surface area contributed by atoms with Crippen LogP contribution in [0.15, 0.2) is 42.5 Å². The minimum absolute atomic E-state index is 0.0330. The van der Waals surface area contributed by atoms with Gasteiger partial charge in [-0.05, 0) is 50.2 Å². The molecule has 4 nitrogen and oxygen atoms in total. The topological polar surface area (TPSA) is 54.0 Å². The van der Waals surface area contributed by atoms with Gasteiger partial charge in [-0.1, -0.05) is 29.8 Å². The van der Waals surface area contributed by atoms with Crippen LogP contribution in [0.3, 0.4) is 0 Å². The lowest BCUT2D eigenvalue weighted by Gasteiger charge is -2.24. The van der Waals surface area contributed by atoms with Crippen molar-refractivity contribution < 1.29 is 4.79 Å². The van der Waals surface area contributed by atoms with Crippen LogP contribution >= 0.6 is 22.9 Å². The largest absolute Gasteiger partial charge is 0.349 e. The van der Waals surface area contributed by atoms with E-state index in [0.29, 0.717) is 9.90 Å². The number of nitrogens with one attached hydrogen (secondary N) is 2. The van der Waals surface area contributed by atoms with Crippen LogP contribution in [0.5, 0.6) is 0 Å². The normalized spacial score (nSPS) is 15.4. The molecule has 25 heavy (non-hydrogen) atoms. The Morgan fingerprint density at radius 2 is 2.00 bits per heavy atom. The van der Waals surface area contributed by atoms with Crippen molar-refractivity contribution in [2.45, 2.75) is 18.9 Å². The van der Waals surface area contributed by atoms with Gasteiger partial charge in [0.25, 0.3) is 5.91 Å². The number of thiophene rings is 1. The molecule has 3 aromatic rings.